The number of hydrogen-bond acceptors (Lipinski definition) is 3. The Hall–Kier alpha value is -1.56. The highest BCUT2D eigenvalue weighted by atomic mass is 16.5. The monoisotopic (exact) mass is 231 g/mol. The van der Waals surface area contributed by atoms with Crippen molar-refractivity contribution in [2.24, 2.45) is 17.3 Å². The maximum atomic E-state index is 12.2. The molecule has 2 aliphatic carbocycles. The molecule has 0 aromatic heterocycles. The topological polar surface area (TPSA) is 50.1 Å². The fourth-order valence-electron chi connectivity index (χ4n) is 2.88. The molecule has 1 saturated carbocycles. The molecule has 0 saturated heterocycles. The summed E-state index contributed by atoms with van der Waals surface area (Å²) in [6, 6.07) is 2.13. The van der Waals surface area contributed by atoms with Crippen molar-refractivity contribution in [1.29, 1.82) is 5.26 Å². The number of carbonyl (C=O) groups is 1. The standard InChI is InChI=1S/C14H17NO2/c1-10-6-7-11(9-15)8-14(10,13(16)17-2)12-4-3-5-12/h6-8,10,12H,3-5H2,1-2H3. The minimum atomic E-state index is -0.618. The Morgan fingerprint density at radius 3 is 2.76 bits per heavy atom. The molecule has 0 radical (unpaired) electrons. The third kappa shape index (κ3) is 1.68. The van der Waals surface area contributed by atoms with Gasteiger partial charge in [0.25, 0.3) is 0 Å². The minimum Gasteiger partial charge on any atom is -0.468 e. The zero-order valence-electron chi connectivity index (χ0n) is 10.3. The van der Waals surface area contributed by atoms with Gasteiger partial charge in [-0.1, -0.05) is 19.4 Å². The summed E-state index contributed by atoms with van der Waals surface area (Å²) >= 11 is 0. The van der Waals surface area contributed by atoms with E-state index in [9.17, 15) is 4.79 Å². The quantitative estimate of drug-likeness (QED) is 0.686. The molecule has 2 atom stereocenters. The van der Waals surface area contributed by atoms with Crippen molar-refractivity contribution in [3.05, 3.63) is 23.8 Å². The van der Waals surface area contributed by atoms with E-state index in [1.54, 1.807) is 6.08 Å². The molecule has 0 amide bonds. The summed E-state index contributed by atoms with van der Waals surface area (Å²) in [4.78, 5) is 12.2. The molecule has 90 valence electrons. The minimum absolute atomic E-state index is 0.0948. The molecule has 0 aliphatic heterocycles. The van der Waals surface area contributed by atoms with Crippen molar-refractivity contribution < 1.29 is 9.53 Å². The third-order valence-corrected chi connectivity index (χ3v) is 4.16. The van der Waals surface area contributed by atoms with E-state index in [2.05, 4.69) is 6.07 Å². The van der Waals surface area contributed by atoms with Gasteiger partial charge in [-0.15, -0.1) is 0 Å². The first kappa shape index (κ1) is 11.9. The third-order valence-electron chi connectivity index (χ3n) is 4.16. The number of esters is 1. The van der Waals surface area contributed by atoms with Crippen molar-refractivity contribution in [3.63, 3.8) is 0 Å². The van der Waals surface area contributed by atoms with Crippen molar-refractivity contribution in [2.75, 3.05) is 7.11 Å². The van der Waals surface area contributed by atoms with Crippen LogP contribution >= 0.6 is 0 Å². The summed E-state index contributed by atoms with van der Waals surface area (Å²) in [5, 5.41) is 9.01. The van der Waals surface area contributed by atoms with Crippen LogP contribution in [-0.2, 0) is 9.53 Å². The van der Waals surface area contributed by atoms with Gasteiger partial charge in [-0.05, 0) is 36.8 Å². The average molecular weight is 231 g/mol. The van der Waals surface area contributed by atoms with Crippen LogP contribution in [0.1, 0.15) is 26.2 Å². The molecular formula is C14H17NO2. The van der Waals surface area contributed by atoms with Gasteiger partial charge >= 0.3 is 5.97 Å². The summed E-state index contributed by atoms with van der Waals surface area (Å²) in [6.07, 6.45) is 8.83. The van der Waals surface area contributed by atoms with Gasteiger partial charge in [0.15, 0.2) is 0 Å². The summed E-state index contributed by atoms with van der Waals surface area (Å²) in [5.41, 5.74) is -0.0484. The van der Waals surface area contributed by atoms with Crippen LogP contribution in [0, 0.1) is 28.6 Å². The Morgan fingerprint density at radius 1 is 1.59 bits per heavy atom. The Morgan fingerprint density at radius 2 is 2.29 bits per heavy atom. The number of allylic oxidation sites excluding steroid dienone is 3. The summed E-state index contributed by atoms with van der Waals surface area (Å²) in [7, 11) is 1.42. The van der Waals surface area contributed by atoms with Crippen molar-refractivity contribution in [1.82, 2.24) is 0 Å². The predicted octanol–water partition coefficient (Wildman–Crippen LogP) is 2.60. The number of ether oxygens (including phenoxy) is 1. The molecule has 3 heteroatoms. The Bertz CT molecular complexity index is 426. The lowest BCUT2D eigenvalue weighted by Gasteiger charge is -2.45. The lowest BCUT2D eigenvalue weighted by molar-refractivity contribution is -0.157. The molecule has 2 unspecified atom stereocenters. The molecule has 1 fully saturated rings. The van der Waals surface area contributed by atoms with Gasteiger partial charge in [-0.2, -0.15) is 5.26 Å². The summed E-state index contributed by atoms with van der Waals surface area (Å²) in [5.74, 6) is 0.211. The van der Waals surface area contributed by atoms with E-state index in [4.69, 9.17) is 10.00 Å². The second-order valence-corrected chi connectivity index (χ2v) is 4.91. The van der Waals surface area contributed by atoms with E-state index in [1.165, 1.54) is 7.11 Å². The maximum Gasteiger partial charge on any atom is 0.316 e. The molecule has 0 bridgehead atoms. The molecule has 0 spiro atoms. The van der Waals surface area contributed by atoms with Gasteiger partial charge in [0, 0.05) is 5.57 Å². The van der Waals surface area contributed by atoms with Crippen LogP contribution in [0.25, 0.3) is 0 Å². The van der Waals surface area contributed by atoms with E-state index in [0.717, 1.165) is 19.3 Å². The van der Waals surface area contributed by atoms with E-state index in [0.29, 0.717) is 11.5 Å². The highest BCUT2D eigenvalue weighted by molar-refractivity contribution is 5.81. The van der Waals surface area contributed by atoms with Crippen molar-refractivity contribution >= 4 is 5.97 Å². The van der Waals surface area contributed by atoms with E-state index >= 15 is 0 Å². The molecule has 0 heterocycles. The van der Waals surface area contributed by atoms with Gasteiger partial charge in [0.1, 0.15) is 0 Å². The highest BCUT2D eigenvalue weighted by Crippen LogP contribution is 2.51. The molecule has 17 heavy (non-hydrogen) atoms. The number of nitriles is 1. The van der Waals surface area contributed by atoms with Crippen molar-refractivity contribution in [3.8, 4) is 6.07 Å². The normalized spacial score (nSPS) is 32.3. The number of methoxy groups -OCH3 is 1. The number of rotatable bonds is 2. The van der Waals surface area contributed by atoms with Crippen molar-refractivity contribution in [2.45, 2.75) is 26.2 Å². The zero-order chi connectivity index (χ0) is 12.5. The van der Waals surface area contributed by atoms with Gasteiger partial charge in [0.05, 0.1) is 18.6 Å². The molecule has 2 aliphatic rings. The maximum absolute atomic E-state index is 12.2. The largest absolute Gasteiger partial charge is 0.468 e. The molecule has 0 aromatic rings. The average Bonchev–Trinajstić information content (AvgIpc) is 2.28. The van der Waals surface area contributed by atoms with E-state index in [-0.39, 0.29) is 11.9 Å². The van der Waals surface area contributed by atoms with Crippen LogP contribution in [0.2, 0.25) is 0 Å². The zero-order valence-corrected chi connectivity index (χ0v) is 10.3. The molecule has 2 rings (SSSR count). The van der Waals surface area contributed by atoms with Gasteiger partial charge in [0.2, 0.25) is 0 Å². The number of carbonyl (C=O) groups excluding carboxylic acids is 1. The van der Waals surface area contributed by atoms with Crippen LogP contribution in [0.5, 0.6) is 0 Å². The van der Waals surface area contributed by atoms with E-state index < -0.39 is 5.41 Å². The fraction of sp³-hybridized carbons (Fsp3) is 0.571. The summed E-state index contributed by atoms with van der Waals surface area (Å²) in [6.45, 7) is 2.02. The van der Waals surface area contributed by atoms with Crippen LogP contribution in [-0.4, -0.2) is 13.1 Å². The highest BCUT2D eigenvalue weighted by Gasteiger charge is 2.51. The number of hydrogen-bond donors (Lipinski definition) is 0. The second kappa shape index (κ2) is 4.37. The van der Waals surface area contributed by atoms with Gasteiger partial charge in [-0.3, -0.25) is 4.79 Å². The molecular weight excluding hydrogens is 214 g/mol. The van der Waals surface area contributed by atoms with Crippen LogP contribution in [0.4, 0.5) is 0 Å². The fourth-order valence-corrected chi connectivity index (χ4v) is 2.88. The lowest BCUT2D eigenvalue weighted by atomic mass is 9.58. The first-order valence-corrected chi connectivity index (χ1v) is 6.04. The summed E-state index contributed by atoms with van der Waals surface area (Å²) < 4.78 is 4.99. The predicted molar refractivity (Wildman–Crippen MR) is 63.8 cm³/mol. The molecule has 0 aromatic carbocycles. The molecule has 3 nitrogen and oxygen atoms in total. The van der Waals surface area contributed by atoms with Crippen LogP contribution in [0.15, 0.2) is 23.8 Å². The Kier molecular flexibility index (Phi) is 3.06. The Labute approximate surface area is 102 Å². The Balaban J connectivity index is 2.45. The SMILES string of the molecule is COC(=O)C1(C2CCC2)C=C(C#N)C=CC1C. The van der Waals surface area contributed by atoms with Crippen LogP contribution < -0.4 is 0 Å². The van der Waals surface area contributed by atoms with Gasteiger partial charge in [-0.25, -0.2) is 0 Å². The lowest BCUT2D eigenvalue weighted by Crippen LogP contribution is -2.46. The smallest absolute Gasteiger partial charge is 0.316 e. The molecule has 0 N–H and O–H groups in total. The van der Waals surface area contributed by atoms with Crippen LogP contribution in [0.3, 0.4) is 0 Å². The van der Waals surface area contributed by atoms with Gasteiger partial charge < -0.3 is 4.74 Å². The first-order valence-electron chi connectivity index (χ1n) is 6.04. The second-order valence-electron chi connectivity index (χ2n) is 4.91. The first-order chi connectivity index (χ1) is 8.15. The van der Waals surface area contributed by atoms with E-state index in [1.807, 2.05) is 19.1 Å². The number of nitrogens with zero attached hydrogens (tertiary/aromatic N) is 1.